The summed E-state index contributed by atoms with van der Waals surface area (Å²) in [6.07, 6.45) is 0. The van der Waals surface area contributed by atoms with Crippen LogP contribution in [0.2, 0.25) is 0 Å². The Kier molecular flexibility index (Phi) is 3.19. The second kappa shape index (κ2) is 4.64. The van der Waals surface area contributed by atoms with Crippen LogP contribution in [0, 0.1) is 0 Å². The van der Waals surface area contributed by atoms with Crippen LogP contribution in [0.1, 0.15) is 31.3 Å². The van der Waals surface area contributed by atoms with Gasteiger partial charge in [0.05, 0.1) is 0 Å². The lowest BCUT2D eigenvalue weighted by Crippen LogP contribution is -2.24. The highest BCUT2D eigenvalue weighted by Gasteiger charge is 2.21. The van der Waals surface area contributed by atoms with Crippen molar-refractivity contribution >= 4 is 5.97 Å². The van der Waals surface area contributed by atoms with E-state index in [2.05, 4.69) is 5.16 Å². The summed E-state index contributed by atoms with van der Waals surface area (Å²) >= 11 is 0. The molecule has 4 nitrogen and oxygen atoms in total. The van der Waals surface area contributed by atoms with E-state index in [1.54, 1.807) is 6.07 Å². The van der Waals surface area contributed by atoms with Gasteiger partial charge in [-0.3, -0.25) is 0 Å². The van der Waals surface area contributed by atoms with E-state index in [0.717, 1.165) is 5.56 Å². The first-order valence-corrected chi connectivity index (χ1v) is 5.71. The Morgan fingerprint density at radius 1 is 1.22 bits per heavy atom. The second-order valence-corrected chi connectivity index (χ2v) is 4.94. The van der Waals surface area contributed by atoms with Gasteiger partial charge in [0, 0.05) is 11.6 Å². The van der Waals surface area contributed by atoms with Crippen molar-refractivity contribution in [3.05, 3.63) is 42.1 Å². The molecule has 2 rings (SSSR count). The Morgan fingerprint density at radius 3 is 2.50 bits per heavy atom. The first kappa shape index (κ1) is 12.4. The van der Waals surface area contributed by atoms with Crippen molar-refractivity contribution in [2.45, 2.75) is 26.4 Å². The molecule has 0 aliphatic carbocycles. The monoisotopic (exact) mass is 245 g/mol. The fraction of sp³-hybridized carbons (Fsp3) is 0.286. The number of nitrogens with zero attached hydrogens (tertiary/aromatic N) is 1. The van der Waals surface area contributed by atoms with Gasteiger partial charge in [0.1, 0.15) is 5.60 Å². The summed E-state index contributed by atoms with van der Waals surface area (Å²) < 4.78 is 10.3. The quantitative estimate of drug-likeness (QED) is 0.762. The minimum atomic E-state index is -0.539. The van der Waals surface area contributed by atoms with Gasteiger partial charge < -0.3 is 9.26 Å². The standard InChI is InChI=1S/C14H15NO3/c1-14(2,3)17-13(16)11-9-12(18-15-11)10-7-5-4-6-8-10/h4-9H,1-3H3. The molecule has 2 aromatic rings. The molecule has 1 heterocycles. The molecule has 94 valence electrons. The summed E-state index contributed by atoms with van der Waals surface area (Å²) in [5.74, 6) is 0.0740. The maximum Gasteiger partial charge on any atom is 0.361 e. The highest BCUT2D eigenvalue weighted by atomic mass is 16.6. The van der Waals surface area contributed by atoms with Crippen molar-refractivity contribution in [1.82, 2.24) is 5.16 Å². The SMILES string of the molecule is CC(C)(C)OC(=O)c1cc(-c2ccccc2)on1. The third-order valence-electron chi connectivity index (χ3n) is 2.18. The van der Waals surface area contributed by atoms with E-state index in [9.17, 15) is 4.79 Å². The van der Waals surface area contributed by atoms with Gasteiger partial charge in [-0.15, -0.1) is 0 Å². The van der Waals surface area contributed by atoms with Crippen LogP contribution in [0.15, 0.2) is 40.9 Å². The molecule has 0 unspecified atom stereocenters. The van der Waals surface area contributed by atoms with E-state index in [1.807, 2.05) is 51.1 Å². The van der Waals surface area contributed by atoms with Crippen molar-refractivity contribution in [3.63, 3.8) is 0 Å². The number of aromatic nitrogens is 1. The first-order chi connectivity index (χ1) is 8.46. The van der Waals surface area contributed by atoms with Crippen LogP contribution in [0.3, 0.4) is 0 Å². The molecule has 0 radical (unpaired) electrons. The third kappa shape index (κ3) is 2.97. The van der Waals surface area contributed by atoms with Gasteiger partial charge in [0.2, 0.25) is 0 Å². The van der Waals surface area contributed by atoms with Gasteiger partial charge in [0.25, 0.3) is 0 Å². The molecule has 1 aromatic carbocycles. The minimum absolute atomic E-state index is 0.184. The average Bonchev–Trinajstić information content (AvgIpc) is 2.77. The number of carbonyl (C=O) groups excluding carboxylic acids is 1. The van der Waals surface area contributed by atoms with Crippen molar-refractivity contribution < 1.29 is 14.1 Å². The smallest absolute Gasteiger partial charge is 0.361 e. The summed E-state index contributed by atoms with van der Waals surface area (Å²) in [5, 5.41) is 3.73. The minimum Gasteiger partial charge on any atom is -0.455 e. The summed E-state index contributed by atoms with van der Waals surface area (Å²) in [6.45, 7) is 5.43. The molecule has 4 heteroatoms. The number of rotatable bonds is 2. The van der Waals surface area contributed by atoms with Crippen LogP contribution in [-0.2, 0) is 4.74 Å². The summed E-state index contributed by atoms with van der Waals surface area (Å²) in [4.78, 5) is 11.8. The Balaban J connectivity index is 2.19. The highest BCUT2D eigenvalue weighted by Crippen LogP contribution is 2.21. The average molecular weight is 245 g/mol. The number of benzene rings is 1. The van der Waals surface area contributed by atoms with E-state index < -0.39 is 11.6 Å². The van der Waals surface area contributed by atoms with Crippen molar-refractivity contribution in [2.75, 3.05) is 0 Å². The molecular weight excluding hydrogens is 230 g/mol. The van der Waals surface area contributed by atoms with Crippen molar-refractivity contribution in [1.29, 1.82) is 0 Å². The summed E-state index contributed by atoms with van der Waals surface area (Å²) in [5.41, 5.74) is 0.520. The Morgan fingerprint density at radius 2 is 1.89 bits per heavy atom. The zero-order valence-electron chi connectivity index (χ0n) is 10.6. The van der Waals surface area contributed by atoms with Crippen LogP contribution in [0.25, 0.3) is 11.3 Å². The predicted octanol–water partition coefficient (Wildman–Crippen LogP) is 3.30. The van der Waals surface area contributed by atoms with E-state index in [4.69, 9.17) is 9.26 Å². The van der Waals surface area contributed by atoms with E-state index in [1.165, 1.54) is 0 Å². The number of carbonyl (C=O) groups is 1. The molecule has 1 aromatic heterocycles. The number of esters is 1. The zero-order valence-corrected chi connectivity index (χ0v) is 10.6. The molecule has 0 amide bonds. The van der Waals surface area contributed by atoms with Crippen LogP contribution in [-0.4, -0.2) is 16.7 Å². The lowest BCUT2D eigenvalue weighted by Gasteiger charge is -2.18. The molecule has 0 N–H and O–H groups in total. The topological polar surface area (TPSA) is 52.3 Å². The largest absolute Gasteiger partial charge is 0.455 e. The molecule has 0 saturated carbocycles. The van der Waals surface area contributed by atoms with Crippen LogP contribution in [0.4, 0.5) is 0 Å². The highest BCUT2D eigenvalue weighted by molar-refractivity contribution is 5.88. The zero-order chi connectivity index (χ0) is 13.2. The van der Waals surface area contributed by atoms with Gasteiger partial charge in [-0.25, -0.2) is 4.79 Å². The molecule has 0 atom stereocenters. The van der Waals surface area contributed by atoms with Crippen LogP contribution < -0.4 is 0 Å². The lowest BCUT2D eigenvalue weighted by molar-refractivity contribution is 0.00589. The maximum atomic E-state index is 11.8. The molecule has 0 bridgehead atoms. The van der Waals surface area contributed by atoms with Gasteiger partial charge in [-0.05, 0) is 20.8 Å². The summed E-state index contributed by atoms with van der Waals surface area (Å²) in [6, 6.07) is 11.1. The molecular formula is C14H15NO3. The van der Waals surface area contributed by atoms with E-state index >= 15 is 0 Å². The van der Waals surface area contributed by atoms with E-state index in [-0.39, 0.29) is 5.69 Å². The van der Waals surface area contributed by atoms with Gasteiger partial charge in [0.15, 0.2) is 11.5 Å². The van der Waals surface area contributed by atoms with Crippen molar-refractivity contribution in [2.24, 2.45) is 0 Å². The first-order valence-electron chi connectivity index (χ1n) is 5.71. The fourth-order valence-corrected chi connectivity index (χ4v) is 1.44. The number of hydrogen-bond acceptors (Lipinski definition) is 4. The van der Waals surface area contributed by atoms with Gasteiger partial charge in [-0.2, -0.15) is 0 Å². The van der Waals surface area contributed by atoms with Gasteiger partial charge >= 0.3 is 5.97 Å². The molecule has 0 fully saturated rings. The normalized spacial score (nSPS) is 11.3. The predicted molar refractivity (Wildman–Crippen MR) is 67.1 cm³/mol. The van der Waals surface area contributed by atoms with Crippen LogP contribution >= 0.6 is 0 Å². The Hall–Kier alpha value is -2.10. The molecule has 0 saturated heterocycles. The second-order valence-electron chi connectivity index (χ2n) is 4.94. The lowest BCUT2D eigenvalue weighted by atomic mass is 10.1. The number of ether oxygens (including phenoxy) is 1. The van der Waals surface area contributed by atoms with Gasteiger partial charge in [-0.1, -0.05) is 35.5 Å². The molecule has 18 heavy (non-hydrogen) atoms. The Bertz CT molecular complexity index is 538. The fourth-order valence-electron chi connectivity index (χ4n) is 1.44. The molecule has 0 spiro atoms. The van der Waals surface area contributed by atoms with E-state index in [0.29, 0.717) is 5.76 Å². The molecule has 0 aliphatic rings. The van der Waals surface area contributed by atoms with Crippen LogP contribution in [0.5, 0.6) is 0 Å². The summed E-state index contributed by atoms with van der Waals surface area (Å²) in [7, 11) is 0. The number of hydrogen-bond donors (Lipinski definition) is 0. The third-order valence-corrected chi connectivity index (χ3v) is 2.18. The molecule has 0 aliphatic heterocycles. The Labute approximate surface area is 106 Å². The van der Waals surface area contributed by atoms with Crippen molar-refractivity contribution in [3.8, 4) is 11.3 Å². The maximum absolute atomic E-state index is 11.8.